The number of pyridine rings is 1. The summed E-state index contributed by atoms with van der Waals surface area (Å²) in [7, 11) is 1.73. The number of hydrogen-bond acceptors (Lipinski definition) is 6. The van der Waals surface area contributed by atoms with Crippen LogP contribution in [0.1, 0.15) is 64.0 Å². The van der Waals surface area contributed by atoms with Gasteiger partial charge < -0.3 is 15.2 Å². The number of nitrogens with one attached hydrogen (secondary N) is 2. The summed E-state index contributed by atoms with van der Waals surface area (Å²) >= 11 is 0. The number of aromatic nitrogens is 3. The Balaban J connectivity index is 1.45. The SMILES string of the molecule is Cc1nc(-c2cnn(C)c2NC(=O)O[C@H](C)C2CCCC2)ccc1NC(=O)C1CCCCC1C(=O)O. The second kappa shape index (κ2) is 11.1. The summed E-state index contributed by atoms with van der Waals surface area (Å²) in [6.45, 7) is 3.71. The molecule has 2 aliphatic rings. The molecule has 2 saturated carbocycles. The molecule has 0 radical (unpaired) electrons. The summed E-state index contributed by atoms with van der Waals surface area (Å²) in [5, 5.41) is 19.4. The van der Waals surface area contributed by atoms with Gasteiger partial charge in [-0.3, -0.25) is 24.6 Å². The number of carbonyl (C=O) groups excluding carboxylic acids is 2. The van der Waals surface area contributed by atoms with E-state index in [0.29, 0.717) is 47.2 Å². The second-order valence-electron chi connectivity index (χ2n) is 9.96. The quantitative estimate of drug-likeness (QED) is 0.502. The van der Waals surface area contributed by atoms with Gasteiger partial charge in [0.15, 0.2) is 0 Å². The molecule has 2 fully saturated rings. The van der Waals surface area contributed by atoms with E-state index in [4.69, 9.17) is 4.74 Å². The van der Waals surface area contributed by atoms with E-state index in [1.807, 2.05) is 6.92 Å². The highest BCUT2D eigenvalue weighted by molar-refractivity contribution is 5.96. The highest BCUT2D eigenvalue weighted by Gasteiger charge is 2.36. The molecule has 3 atom stereocenters. The van der Waals surface area contributed by atoms with Crippen molar-refractivity contribution in [3.63, 3.8) is 0 Å². The van der Waals surface area contributed by atoms with E-state index in [1.165, 1.54) is 12.8 Å². The molecule has 0 spiro atoms. The Morgan fingerprint density at radius 1 is 1.06 bits per heavy atom. The van der Waals surface area contributed by atoms with E-state index >= 15 is 0 Å². The fourth-order valence-electron chi connectivity index (χ4n) is 5.40. The minimum absolute atomic E-state index is 0.155. The van der Waals surface area contributed by atoms with Gasteiger partial charge in [-0.25, -0.2) is 4.79 Å². The molecule has 2 aliphatic carbocycles. The fourth-order valence-corrected chi connectivity index (χ4v) is 5.40. The first-order chi connectivity index (χ1) is 17.2. The predicted octanol–water partition coefficient (Wildman–Crippen LogP) is 4.75. The number of carboxylic acids is 1. The summed E-state index contributed by atoms with van der Waals surface area (Å²) in [4.78, 5) is 41.7. The Kier molecular flexibility index (Phi) is 7.91. The van der Waals surface area contributed by atoms with Crippen LogP contribution in [0.5, 0.6) is 0 Å². The topological polar surface area (TPSA) is 135 Å². The van der Waals surface area contributed by atoms with Crippen molar-refractivity contribution in [2.24, 2.45) is 24.8 Å². The zero-order chi connectivity index (χ0) is 25.8. The number of rotatable bonds is 7. The van der Waals surface area contributed by atoms with E-state index in [2.05, 4.69) is 20.7 Å². The molecule has 2 unspecified atom stereocenters. The Labute approximate surface area is 210 Å². The number of carbonyl (C=O) groups is 3. The second-order valence-corrected chi connectivity index (χ2v) is 9.96. The zero-order valence-electron chi connectivity index (χ0n) is 21.1. The van der Waals surface area contributed by atoms with Gasteiger partial charge >= 0.3 is 12.1 Å². The van der Waals surface area contributed by atoms with Crippen molar-refractivity contribution in [2.75, 3.05) is 10.6 Å². The molecule has 194 valence electrons. The van der Waals surface area contributed by atoms with Crippen LogP contribution in [0.3, 0.4) is 0 Å². The van der Waals surface area contributed by atoms with Crippen LogP contribution >= 0.6 is 0 Å². The normalized spacial score (nSPS) is 21.1. The summed E-state index contributed by atoms with van der Waals surface area (Å²) < 4.78 is 7.18. The standard InChI is InChI=1S/C26H35N5O5/c1-15-21(29-24(32)18-10-6-7-11-19(18)25(33)34)12-13-22(28-15)20-14-27-31(3)23(20)30-26(35)36-16(2)17-8-4-5-9-17/h12-14,16-19H,4-11H2,1-3H3,(H,29,32)(H,30,35)(H,33,34)/t16-,18?,19?/m1/s1. The molecule has 0 aromatic carbocycles. The minimum atomic E-state index is -0.923. The molecule has 2 heterocycles. The molecule has 2 aromatic rings. The van der Waals surface area contributed by atoms with Crippen molar-refractivity contribution in [1.82, 2.24) is 14.8 Å². The Morgan fingerprint density at radius 2 is 1.72 bits per heavy atom. The van der Waals surface area contributed by atoms with Crippen LogP contribution in [0.15, 0.2) is 18.3 Å². The summed E-state index contributed by atoms with van der Waals surface area (Å²) in [6.07, 6.45) is 8.19. The van der Waals surface area contributed by atoms with Crippen LogP contribution in [0.2, 0.25) is 0 Å². The molecule has 10 nitrogen and oxygen atoms in total. The molecular weight excluding hydrogens is 462 g/mol. The van der Waals surface area contributed by atoms with Crippen molar-refractivity contribution in [3.8, 4) is 11.3 Å². The maximum Gasteiger partial charge on any atom is 0.413 e. The average molecular weight is 498 g/mol. The maximum atomic E-state index is 12.9. The molecule has 0 aliphatic heterocycles. The van der Waals surface area contributed by atoms with E-state index in [1.54, 1.807) is 37.0 Å². The Morgan fingerprint density at radius 3 is 2.39 bits per heavy atom. The number of hydrogen-bond donors (Lipinski definition) is 3. The van der Waals surface area contributed by atoms with Crippen LogP contribution in [0.25, 0.3) is 11.3 Å². The van der Waals surface area contributed by atoms with Crippen molar-refractivity contribution < 1.29 is 24.2 Å². The highest BCUT2D eigenvalue weighted by atomic mass is 16.6. The smallest absolute Gasteiger partial charge is 0.413 e. The van der Waals surface area contributed by atoms with Gasteiger partial charge in [0.2, 0.25) is 5.91 Å². The first-order valence-corrected chi connectivity index (χ1v) is 12.8. The van der Waals surface area contributed by atoms with Crippen molar-refractivity contribution in [3.05, 3.63) is 24.0 Å². The van der Waals surface area contributed by atoms with E-state index in [-0.39, 0.29) is 12.0 Å². The van der Waals surface area contributed by atoms with Crippen LogP contribution in [-0.4, -0.2) is 43.9 Å². The number of anilines is 2. The summed E-state index contributed by atoms with van der Waals surface area (Å²) in [5.74, 6) is -1.56. The van der Waals surface area contributed by atoms with Crippen molar-refractivity contribution >= 4 is 29.5 Å². The highest BCUT2D eigenvalue weighted by Crippen LogP contribution is 2.33. The number of carboxylic acid groups (broad SMARTS) is 1. The van der Waals surface area contributed by atoms with Crippen molar-refractivity contribution in [2.45, 2.75) is 71.3 Å². The van der Waals surface area contributed by atoms with Gasteiger partial charge in [-0.1, -0.05) is 25.7 Å². The Hall–Kier alpha value is -3.43. The maximum absolute atomic E-state index is 12.9. The number of nitrogens with zero attached hydrogens (tertiary/aromatic N) is 3. The van der Waals surface area contributed by atoms with E-state index < -0.39 is 23.9 Å². The third kappa shape index (κ3) is 5.68. The van der Waals surface area contributed by atoms with Crippen LogP contribution in [-0.2, 0) is 21.4 Å². The number of amides is 2. The van der Waals surface area contributed by atoms with Gasteiger partial charge in [0.1, 0.15) is 11.9 Å². The molecule has 3 N–H and O–H groups in total. The lowest BCUT2D eigenvalue weighted by Gasteiger charge is -2.27. The minimum Gasteiger partial charge on any atom is -0.481 e. The lowest BCUT2D eigenvalue weighted by Crippen LogP contribution is -2.36. The molecule has 10 heteroatoms. The lowest BCUT2D eigenvalue weighted by atomic mass is 9.78. The van der Waals surface area contributed by atoms with Crippen LogP contribution < -0.4 is 10.6 Å². The van der Waals surface area contributed by atoms with Gasteiger partial charge in [-0.05, 0) is 57.6 Å². The number of aryl methyl sites for hydroxylation is 2. The zero-order valence-corrected chi connectivity index (χ0v) is 21.1. The van der Waals surface area contributed by atoms with Gasteiger partial charge in [0.25, 0.3) is 0 Å². The first-order valence-electron chi connectivity index (χ1n) is 12.8. The molecule has 4 rings (SSSR count). The number of ether oxygens (including phenoxy) is 1. The third-order valence-electron chi connectivity index (χ3n) is 7.56. The summed E-state index contributed by atoms with van der Waals surface area (Å²) in [5.41, 5.74) is 2.32. The van der Waals surface area contributed by atoms with Gasteiger partial charge in [-0.15, -0.1) is 0 Å². The monoisotopic (exact) mass is 497 g/mol. The fraction of sp³-hybridized carbons (Fsp3) is 0.577. The summed E-state index contributed by atoms with van der Waals surface area (Å²) in [6, 6.07) is 3.48. The van der Waals surface area contributed by atoms with E-state index in [0.717, 1.165) is 25.7 Å². The Bertz CT molecular complexity index is 1120. The molecular formula is C26H35N5O5. The number of aliphatic carboxylic acids is 1. The first kappa shape index (κ1) is 25.7. The van der Waals surface area contributed by atoms with Gasteiger partial charge in [-0.2, -0.15) is 5.10 Å². The van der Waals surface area contributed by atoms with Crippen LogP contribution in [0.4, 0.5) is 16.3 Å². The third-order valence-corrected chi connectivity index (χ3v) is 7.56. The lowest BCUT2D eigenvalue weighted by molar-refractivity contribution is -0.147. The van der Waals surface area contributed by atoms with Gasteiger partial charge in [0, 0.05) is 7.05 Å². The molecule has 2 aromatic heterocycles. The van der Waals surface area contributed by atoms with Crippen molar-refractivity contribution in [1.29, 1.82) is 0 Å². The largest absolute Gasteiger partial charge is 0.481 e. The average Bonchev–Trinajstić information content (AvgIpc) is 3.51. The molecule has 2 amide bonds. The van der Waals surface area contributed by atoms with E-state index in [9.17, 15) is 19.5 Å². The molecule has 0 saturated heterocycles. The van der Waals surface area contributed by atoms with Crippen LogP contribution in [0, 0.1) is 24.7 Å². The van der Waals surface area contributed by atoms with Gasteiger partial charge in [0.05, 0.1) is 40.7 Å². The molecule has 36 heavy (non-hydrogen) atoms. The predicted molar refractivity (Wildman–Crippen MR) is 134 cm³/mol. The molecule has 0 bridgehead atoms.